The molecule has 2 aromatic heterocycles. The molecule has 3 aromatic rings. The summed E-state index contributed by atoms with van der Waals surface area (Å²) >= 11 is 6.30. The monoisotopic (exact) mass is 437 g/mol. The summed E-state index contributed by atoms with van der Waals surface area (Å²) < 4.78 is 0. The molecule has 31 heavy (non-hydrogen) atoms. The summed E-state index contributed by atoms with van der Waals surface area (Å²) in [6.45, 7) is 5.97. The quantitative estimate of drug-likeness (QED) is 0.574. The Morgan fingerprint density at radius 1 is 1.19 bits per heavy atom. The maximum atomic E-state index is 11.8. The molecule has 3 heterocycles. The Balaban J connectivity index is 1.27. The Bertz CT molecular complexity index is 1060. The summed E-state index contributed by atoms with van der Waals surface area (Å²) in [5, 5.41) is 4.31. The predicted molar refractivity (Wildman–Crippen MR) is 125 cm³/mol. The Kier molecular flexibility index (Phi) is 6.99. The molecule has 1 fully saturated rings. The normalized spacial score (nSPS) is 15.2. The van der Waals surface area contributed by atoms with Gasteiger partial charge in [-0.1, -0.05) is 36.7 Å². The van der Waals surface area contributed by atoms with E-state index >= 15 is 0 Å². The van der Waals surface area contributed by atoms with Crippen molar-refractivity contribution in [1.82, 2.24) is 19.9 Å². The van der Waals surface area contributed by atoms with Crippen LogP contribution in [0.1, 0.15) is 31.0 Å². The molecule has 0 atom stereocenters. The number of nitrogens with one attached hydrogen (secondary N) is 2. The maximum absolute atomic E-state index is 11.8. The van der Waals surface area contributed by atoms with Gasteiger partial charge in [-0.2, -0.15) is 0 Å². The van der Waals surface area contributed by atoms with E-state index < -0.39 is 0 Å². The van der Waals surface area contributed by atoms with Gasteiger partial charge in [-0.25, -0.2) is 9.97 Å². The molecule has 0 unspecified atom stereocenters. The van der Waals surface area contributed by atoms with Gasteiger partial charge in [0.25, 0.3) is 5.56 Å². The number of hydrogen-bond donors (Lipinski definition) is 2. The van der Waals surface area contributed by atoms with Crippen molar-refractivity contribution in [3.8, 4) is 11.4 Å². The number of likely N-dealkylation sites (tertiary alicyclic amines) is 1. The zero-order chi connectivity index (χ0) is 21.6. The van der Waals surface area contributed by atoms with Gasteiger partial charge in [0.05, 0.1) is 0 Å². The van der Waals surface area contributed by atoms with Crippen molar-refractivity contribution in [2.24, 2.45) is 5.92 Å². The van der Waals surface area contributed by atoms with Crippen LogP contribution in [0.2, 0.25) is 5.02 Å². The van der Waals surface area contributed by atoms with Crippen molar-refractivity contribution < 1.29 is 0 Å². The fraction of sp³-hybridized carbons (Fsp3) is 0.375. The molecule has 0 amide bonds. The number of H-pyrrole nitrogens is 1. The van der Waals surface area contributed by atoms with Gasteiger partial charge in [-0.3, -0.25) is 9.69 Å². The van der Waals surface area contributed by atoms with Crippen molar-refractivity contribution in [3.05, 3.63) is 75.3 Å². The lowest BCUT2D eigenvalue weighted by Crippen LogP contribution is -2.35. The molecule has 4 rings (SSSR count). The largest absolute Gasteiger partial charge is 0.370 e. The summed E-state index contributed by atoms with van der Waals surface area (Å²) in [5.74, 6) is 2.04. The number of piperidine rings is 1. The highest BCUT2D eigenvalue weighted by atomic mass is 35.5. The van der Waals surface area contributed by atoms with Crippen molar-refractivity contribution >= 4 is 17.4 Å². The second-order valence-corrected chi connectivity index (χ2v) is 8.47. The number of aromatic nitrogens is 3. The standard InChI is InChI=1S/C24H28ClN5O/c1-2-20-13-23(31)29-24(28-20)18-7-8-22(27-15-18)26-14-17-9-11-30(12-10-17)16-19-5-3-4-6-21(19)25/h3-8,13,15,17H,2,9-12,14,16H2,1H3,(H,26,27)(H,28,29,31). The Morgan fingerprint density at radius 2 is 2.00 bits per heavy atom. The average Bonchev–Trinajstić information content (AvgIpc) is 2.80. The summed E-state index contributed by atoms with van der Waals surface area (Å²) in [5.41, 5.74) is 2.66. The lowest BCUT2D eigenvalue weighted by atomic mass is 9.96. The summed E-state index contributed by atoms with van der Waals surface area (Å²) in [4.78, 5) is 26.0. The summed E-state index contributed by atoms with van der Waals surface area (Å²) in [6.07, 6.45) is 4.79. The van der Waals surface area contributed by atoms with Crippen LogP contribution in [0, 0.1) is 5.92 Å². The highest BCUT2D eigenvalue weighted by Gasteiger charge is 2.19. The SMILES string of the molecule is CCc1cc(=O)[nH]c(-c2ccc(NCC3CCN(Cc4ccccc4Cl)CC3)nc2)n1. The lowest BCUT2D eigenvalue weighted by Gasteiger charge is -2.32. The van der Waals surface area contributed by atoms with Crippen LogP contribution >= 0.6 is 11.6 Å². The number of halogens is 1. The van der Waals surface area contributed by atoms with Crippen molar-refractivity contribution in [2.75, 3.05) is 25.0 Å². The Morgan fingerprint density at radius 3 is 2.71 bits per heavy atom. The highest BCUT2D eigenvalue weighted by Crippen LogP contribution is 2.23. The molecular weight excluding hydrogens is 410 g/mol. The molecule has 7 heteroatoms. The van der Waals surface area contributed by atoms with Gasteiger partial charge in [0.2, 0.25) is 0 Å². The number of anilines is 1. The average molecular weight is 438 g/mol. The molecule has 0 bridgehead atoms. The molecule has 0 saturated carbocycles. The molecule has 2 N–H and O–H groups in total. The van der Waals surface area contributed by atoms with Crippen LogP contribution in [0.3, 0.4) is 0 Å². The van der Waals surface area contributed by atoms with E-state index in [4.69, 9.17) is 11.6 Å². The van der Waals surface area contributed by atoms with E-state index in [2.05, 4.69) is 31.2 Å². The second kappa shape index (κ2) is 10.1. The van der Waals surface area contributed by atoms with Crippen molar-refractivity contribution in [2.45, 2.75) is 32.7 Å². The number of benzene rings is 1. The molecule has 0 radical (unpaired) electrons. The molecule has 6 nitrogen and oxygen atoms in total. The van der Waals surface area contributed by atoms with Crippen molar-refractivity contribution in [1.29, 1.82) is 0 Å². The Labute approximate surface area is 187 Å². The number of rotatable bonds is 7. The Hall–Kier alpha value is -2.70. The minimum absolute atomic E-state index is 0.134. The zero-order valence-corrected chi connectivity index (χ0v) is 18.5. The van der Waals surface area contributed by atoms with Gasteiger partial charge in [-0.05, 0) is 62.0 Å². The van der Waals surface area contributed by atoms with E-state index in [1.54, 1.807) is 6.20 Å². The van der Waals surface area contributed by atoms with E-state index in [-0.39, 0.29) is 5.56 Å². The highest BCUT2D eigenvalue weighted by molar-refractivity contribution is 6.31. The van der Waals surface area contributed by atoms with Crippen LogP contribution in [-0.2, 0) is 13.0 Å². The third kappa shape index (κ3) is 5.71. The molecule has 1 aliphatic rings. The molecular formula is C24H28ClN5O. The molecule has 1 aliphatic heterocycles. The van der Waals surface area contributed by atoms with Gasteiger partial charge in [0, 0.05) is 41.6 Å². The number of hydrogen-bond acceptors (Lipinski definition) is 5. The number of aryl methyl sites for hydroxylation is 1. The number of nitrogens with zero attached hydrogens (tertiary/aromatic N) is 3. The third-order valence-corrected chi connectivity index (χ3v) is 6.19. The first-order valence-electron chi connectivity index (χ1n) is 10.9. The van der Waals surface area contributed by atoms with Gasteiger partial charge in [0.1, 0.15) is 11.6 Å². The topological polar surface area (TPSA) is 73.9 Å². The molecule has 0 aliphatic carbocycles. The second-order valence-electron chi connectivity index (χ2n) is 8.06. The lowest BCUT2D eigenvalue weighted by molar-refractivity contribution is 0.182. The van der Waals surface area contributed by atoms with E-state index in [1.807, 2.05) is 37.3 Å². The molecule has 1 saturated heterocycles. The van der Waals surface area contributed by atoms with Crippen LogP contribution in [-0.4, -0.2) is 39.5 Å². The molecule has 0 spiro atoms. The number of pyridine rings is 1. The summed E-state index contributed by atoms with van der Waals surface area (Å²) in [7, 11) is 0. The first-order chi connectivity index (χ1) is 15.1. The maximum Gasteiger partial charge on any atom is 0.251 e. The minimum atomic E-state index is -0.134. The first kappa shape index (κ1) is 21.5. The van der Waals surface area contributed by atoms with Crippen molar-refractivity contribution in [3.63, 3.8) is 0 Å². The fourth-order valence-corrected chi connectivity index (χ4v) is 4.12. The van der Waals surface area contributed by atoms with Crippen LogP contribution < -0.4 is 10.9 Å². The van der Waals surface area contributed by atoms with E-state index in [0.29, 0.717) is 11.7 Å². The van der Waals surface area contributed by atoms with Gasteiger partial charge < -0.3 is 10.3 Å². The predicted octanol–water partition coefficient (Wildman–Crippen LogP) is 4.37. The zero-order valence-electron chi connectivity index (χ0n) is 17.8. The smallest absolute Gasteiger partial charge is 0.251 e. The van der Waals surface area contributed by atoms with E-state index in [0.717, 1.165) is 67.5 Å². The van der Waals surface area contributed by atoms with Gasteiger partial charge in [-0.15, -0.1) is 0 Å². The summed E-state index contributed by atoms with van der Waals surface area (Å²) in [6, 6.07) is 13.5. The van der Waals surface area contributed by atoms with Crippen LogP contribution in [0.5, 0.6) is 0 Å². The number of aromatic amines is 1. The van der Waals surface area contributed by atoms with Crippen LogP contribution in [0.4, 0.5) is 5.82 Å². The van der Waals surface area contributed by atoms with E-state index in [1.165, 1.54) is 11.6 Å². The minimum Gasteiger partial charge on any atom is -0.370 e. The van der Waals surface area contributed by atoms with Crippen LogP contribution in [0.25, 0.3) is 11.4 Å². The van der Waals surface area contributed by atoms with Gasteiger partial charge >= 0.3 is 0 Å². The molecule has 1 aromatic carbocycles. The first-order valence-corrected chi connectivity index (χ1v) is 11.2. The van der Waals surface area contributed by atoms with Gasteiger partial charge in [0.15, 0.2) is 0 Å². The third-order valence-electron chi connectivity index (χ3n) is 5.82. The fourth-order valence-electron chi connectivity index (χ4n) is 3.93. The van der Waals surface area contributed by atoms with Crippen LogP contribution in [0.15, 0.2) is 53.5 Å². The van der Waals surface area contributed by atoms with E-state index in [9.17, 15) is 4.79 Å². The molecule has 162 valence electrons.